The molecule has 0 aliphatic rings. The van der Waals surface area contributed by atoms with Gasteiger partial charge in [0.1, 0.15) is 12.3 Å². The van der Waals surface area contributed by atoms with Gasteiger partial charge in [-0.25, -0.2) is 0 Å². The predicted molar refractivity (Wildman–Crippen MR) is 43.2 cm³/mol. The molecule has 0 amide bonds. The Kier molecular flexibility index (Phi) is 3.07. The largest absolute Gasteiger partial charge is 0.468 e. The quantitative estimate of drug-likeness (QED) is 0.495. The van der Waals surface area contributed by atoms with E-state index in [2.05, 4.69) is 9.73 Å². The maximum atomic E-state index is 10.6. The number of hydrogen-bond acceptors (Lipinski definition) is 4. The van der Waals surface area contributed by atoms with Gasteiger partial charge in [-0.05, 0) is 12.1 Å². The highest BCUT2D eigenvalue weighted by Crippen LogP contribution is 1.94. The highest BCUT2D eigenvalue weighted by Gasteiger charge is 1.95. The van der Waals surface area contributed by atoms with Crippen molar-refractivity contribution >= 4 is 12.2 Å². The number of esters is 1. The molecule has 0 bridgehead atoms. The molecule has 0 atom stereocenters. The van der Waals surface area contributed by atoms with E-state index in [1.54, 1.807) is 18.4 Å². The van der Waals surface area contributed by atoms with Crippen LogP contribution in [0.15, 0.2) is 27.8 Å². The van der Waals surface area contributed by atoms with Crippen molar-refractivity contribution in [3.63, 3.8) is 0 Å². The Hall–Kier alpha value is -1.58. The fraction of sp³-hybridized carbons (Fsp3) is 0.250. The summed E-state index contributed by atoms with van der Waals surface area (Å²) in [5.74, 6) is 0.261. The average molecular weight is 167 g/mol. The summed E-state index contributed by atoms with van der Waals surface area (Å²) in [6.07, 6.45) is 3.02. The number of ether oxygens (including phenoxy) is 1. The van der Waals surface area contributed by atoms with Crippen LogP contribution in [0.2, 0.25) is 0 Å². The van der Waals surface area contributed by atoms with Gasteiger partial charge < -0.3 is 9.15 Å². The molecule has 0 aliphatic heterocycles. The SMILES string of the molecule is COC(=O)CN=Cc1ccco1. The number of aliphatic imine (C=N–C) groups is 1. The van der Waals surface area contributed by atoms with Crippen LogP contribution in [0.5, 0.6) is 0 Å². The van der Waals surface area contributed by atoms with Crippen LogP contribution in [-0.4, -0.2) is 25.8 Å². The van der Waals surface area contributed by atoms with E-state index in [0.717, 1.165) is 0 Å². The molecule has 1 aromatic rings. The molecule has 0 N–H and O–H groups in total. The Morgan fingerprint density at radius 3 is 3.25 bits per heavy atom. The number of carbonyl (C=O) groups is 1. The third-order valence-corrected chi connectivity index (χ3v) is 1.21. The second-order valence-corrected chi connectivity index (χ2v) is 2.06. The van der Waals surface area contributed by atoms with Crippen LogP contribution in [0.1, 0.15) is 5.76 Å². The second kappa shape index (κ2) is 4.33. The van der Waals surface area contributed by atoms with Gasteiger partial charge in [0.15, 0.2) is 0 Å². The van der Waals surface area contributed by atoms with Crippen molar-refractivity contribution in [2.24, 2.45) is 4.99 Å². The summed E-state index contributed by atoms with van der Waals surface area (Å²) in [5, 5.41) is 0. The van der Waals surface area contributed by atoms with E-state index in [0.29, 0.717) is 5.76 Å². The van der Waals surface area contributed by atoms with Crippen molar-refractivity contribution in [3.8, 4) is 0 Å². The molecule has 4 heteroatoms. The molecule has 0 fully saturated rings. The van der Waals surface area contributed by atoms with Gasteiger partial charge in [0.25, 0.3) is 0 Å². The van der Waals surface area contributed by atoms with Gasteiger partial charge >= 0.3 is 5.97 Å². The number of furan rings is 1. The number of hydrogen-bond donors (Lipinski definition) is 0. The van der Waals surface area contributed by atoms with Gasteiger partial charge in [-0.1, -0.05) is 0 Å². The Morgan fingerprint density at radius 1 is 1.83 bits per heavy atom. The van der Waals surface area contributed by atoms with Crippen LogP contribution >= 0.6 is 0 Å². The van der Waals surface area contributed by atoms with E-state index >= 15 is 0 Å². The maximum absolute atomic E-state index is 10.6. The molecule has 0 aliphatic carbocycles. The van der Waals surface area contributed by atoms with Crippen LogP contribution in [0.4, 0.5) is 0 Å². The minimum Gasteiger partial charge on any atom is -0.468 e. The third kappa shape index (κ3) is 2.57. The van der Waals surface area contributed by atoms with Crippen LogP contribution in [0, 0.1) is 0 Å². The lowest BCUT2D eigenvalue weighted by Crippen LogP contribution is -2.04. The summed E-state index contributed by atoms with van der Waals surface area (Å²) in [6, 6.07) is 3.50. The van der Waals surface area contributed by atoms with Gasteiger partial charge in [-0.3, -0.25) is 9.79 Å². The van der Waals surface area contributed by atoms with Crippen molar-refractivity contribution < 1.29 is 13.9 Å². The highest BCUT2D eigenvalue weighted by molar-refractivity contribution is 5.79. The molecule has 1 rings (SSSR count). The van der Waals surface area contributed by atoms with Gasteiger partial charge in [0.05, 0.1) is 19.6 Å². The first-order chi connectivity index (χ1) is 5.83. The number of carbonyl (C=O) groups excluding carboxylic acids is 1. The smallest absolute Gasteiger partial charge is 0.327 e. The van der Waals surface area contributed by atoms with Crippen molar-refractivity contribution in [1.82, 2.24) is 0 Å². The van der Waals surface area contributed by atoms with Gasteiger partial charge in [0.2, 0.25) is 0 Å². The summed E-state index contributed by atoms with van der Waals surface area (Å²) in [5.41, 5.74) is 0. The lowest BCUT2D eigenvalue weighted by Gasteiger charge is -1.90. The Balaban J connectivity index is 2.37. The molecule has 4 nitrogen and oxygen atoms in total. The van der Waals surface area contributed by atoms with E-state index in [1.165, 1.54) is 13.3 Å². The van der Waals surface area contributed by atoms with Crippen molar-refractivity contribution in [1.29, 1.82) is 0 Å². The molecule has 64 valence electrons. The van der Waals surface area contributed by atoms with Gasteiger partial charge in [0, 0.05) is 0 Å². The van der Waals surface area contributed by atoms with Crippen molar-refractivity contribution in [2.75, 3.05) is 13.7 Å². The first kappa shape index (κ1) is 8.52. The number of methoxy groups -OCH3 is 1. The third-order valence-electron chi connectivity index (χ3n) is 1.21. The molecule has 1 aromatic heterocycles. The summed E-state index contributed by atoms with van der Waals surface area (Å²) in [7, 11) is 1.32. The fourth-order valence-corrected chi connectivity index (χ4v) is 0.639. The standard InChI is InChI=1S/C8H9NO3/c1-11-8(10)6-9-5-7-3-2-4-12-7/h2-5H,6H2,1H3. The average Bonchev–Trinajstić information content (AvgIpc) is 2.57. The summed E-state index contributed by atoms with van der Waals surface area (Å²) in [6.45, 7) is 0.0250. The molecule has 0 saturated carbocycles. The lowest BCUT2D eigenvalue weighted by molar-refractivity contribution is -0.138. The second-order valence-electron chi connectivity index (χ2n) is 2.06. The van der Waals surface area contributed by atoms with Crippen molar-refractivity contribution in [2.45, 2.75) is 0 Å². The molecule has 0 saturated heterocycles. The normalized spacial score (nSPS) is 10.4. The predicted octanol–water partition coefficient (Wildman–Crippen LogP) is 0.871. The topological polar surface area (TPSA) is 51.8 Å². The van der Waals surface area contributed by atoms with Crippen LogP contribution < -0.4 is 0 Å². The van der Waals surface area contributed by atoms with Crippen LogP contribution in [0.3, 0.4) is 0 Å². The molecular weight excluding hydrogens is 158 g/mol. The van der Waals surface area contributed by atoms with Crippen LogP contribution in [0.25, 0.3) is 0 Å². The van der Waals surface area contributed by atoms with E-state index < -0.39 is 0 Å². The Labute approximate surface area is 69.9 Å². The zero-order valence-corrected chi connectivity index (χ0v) is 6.69. The van der Waals surface area contributed by atoms with E-state index in [9.17, 15) is 4.79 Å². The lowest BCUT2D eigenvalue weighted by atomic mass is 10.5. The van der Waals surface area contributed by atoms with Gasteiger partial charge in [-0.15, -0.1) is 0 Å². The molecular formula is C8H9NO3. The fourth-order valence-electron chi connectivity index (χ4n) is 0.639. The first-order valence-corrected chi connectivity index (χ1v) is 3.43. The molecule has 0 unspecified atom stereocenters. The molecule has 0 spiro atoms. The highest BCUT2D eigenvalue weighted by atomic mass is 16.5. The molecule has 0 aromatic carbocycles. The zero-order chi connectivity index (χ0) is 8.81. The van der Waals surface area contributed by atoms with E-state index in [1.807, 2.05) is 0 Å². The Morgan fingerprint density at radius 2 is 2.67 bits per heavy atom. The monoisotopic (exact) mass is 167 g/mol. The summed E-state index contributed by atoms with van der Waals surface area (Å²) in [4.78, 5) is 14.4. The molecule has 12 heavy (non-hydrogen) atoms. The number of rotatable bonds is 3. The van der Waals surface area contributed by atoms with Gasteiger partial charge in [-0.2, -0.15) is 0 Å². The first-order valence-electron chi connectivity index (χ1n) is 3.43. The molecule has 1 heterocycles. The minimum absolute atomic E-state index is 0.0250. The van der Waals surface area contributed by atoms with Crippen molar-refractivity contribution in [3.05, 3.63) is 24.2 Å². The van der Waals surface area contributed by atoms with E-state index in [-0.39, 0.29) is 12.5 Å². The van der Waals surface area contributed by atoms with Crippen LogP contribution in [-0.2, 0) is 9.53 Å². The summed E-state index contributed by atoms with van der Waals surface area (Å²) < 4.78 is 9.33. The molecule has 0 radical (unpaired) electrons. The minimum atomic E-state index is -0.363. The Bertz CT molecular complexity index is 264. The number of nitrogens with zero attached hydrogens (tertiary/aromatic N) is 1. The summed E-state index contributed by atoms with van der Waals surface area (Å²) >= 11 is 0. The maximum Gasteiger partial charge on any atom is 0.327 e. The zero-order valence-electron chi connectivity index (χ0n) is 6.69. The van der Waals surface area contributed by atoms with E-state index in [4.69, 9.17) is 4.42 Å².